The van der Waals surface area contributed by atoms with E-state index in [9.17, 15) is 14.9 Å². The van der Waals surface area contributed by atoms with Crippen LogP contribution in [-0.2, 0) is 32.0 Å². The van der Waals surface area contributed by atoms with Gasteiger partial charge < -0.3 is 24.4 Å². The lowest BCUT2D eigenvalue weighted by Crippen LogP contribution is -2.53. The van der Waals surface area contributed by atoms with E-state index in [-0.39, 0.29) is 13.0 Å². The molecular formula is C24H27N3O5. The van der Waals surface area contributed by atoms with Gasteiger partial charge in [-0.2, -0.15) is 5.26 Å². The Kier molecular flexibility index (Phi) is 8.20. The van der Waals surface area contributed by atoms with E-state index in [1.807, 2.05) is 66.7 Å². The number of hydrogen-bond acceptors (Lipinski definition) is 6. The Morgan fingerprint density at radius 3 is 2.28 bits per heavy atom. The molecule has 1 saturated heterocycles. The third kappa shape index (κ3) is 6.80. The van der Waals surface area contributed by atoms with Gasteiger partial charge in [-0.1, -0.05) is 60.7 Å². The predicted octanol–water partition coefficient (Wildman–Crippen LogP) is 2.64. The topological polar surface area (TPSA) is 101 Å². The second kappa shape index (κ2) is 11.3. The van der Waals surface area contributed by atoms with Gasteiger partial charge in [-0.05, 0) is 18.1 Å². The molecule has 8 nitrogen and oxygen atoms in total. The Morgan fingerprint density at radius 1 is 1.09 bits per heavy atom. The number of ether oxygens (including phenoxy) is 3. The van der Waals surface area contributed by atoms with Crippen molar-refractivity contribution < 1.29 is 23.8 Å². The first-order valence-electron chi connectivity index (χ1n) is 10.5. The molecule has 1 N–H and O–H groups in total. The summed E-state index contributed by atoms with van der Waals surface area (Å²) in [6, 6.07) is 20.6. The summed E-state index contributed by atoms with van der Waals surface area (Å²) in [7, 11) is 0. The lowest BCUT2D eigenvalue weighted by Gasteiger charge is -2.30. The fraction of sp³-hybridized carbons (Fsp3) is 0.375. The SMILES string of the molecule is CC(C#N)(NC(=O)C(Cc1ccccc1)OC(=O)N1CCOCC1)OCc1ccccc1. The maximum Gasteiger partial charge on any atom is 0.410 e. The number of benzene rings is 2. The van der Waals surface area contributed by atoms with Crippen molar-refractivity contribution >= 4 is 12.0 Å². The van der Waals surface area contributed by atoms with E-state index in [2.05, 4.69) is 5.32 Å². The number of amides is 2. The van der Waals surface area contributed by atoms with Crippen molar-refractivity contribution in [3.63, 3.8) is 0 Å². The molecule has 0 aliphatic carbocycles. The number of carbonyl (C=O) groups is 2. The van der Waals surface area contributed by atoms with Crippen LogP contribution in [0.15, 0.2) is 60.7 Å². The van der Waals surface area contributed by atoms with Crippen LogP contribution in [0.5, 0.6) is 0 Å². The maximum absolute atomic E-state index is 13.1. The van der Waals surface area contributed by atoms with Crippen molar-refractivity contribution in [3.8, 4) is 6.07 Å². The van der Waals surface area contributed by atoms with E-state index in [0.29, 0.717) is 26.3 Å². The van der Waals surface area contributed by atoms with Gasteiger partial charge in [0.25, 0.3) is 5.91 Å². The van der Waals surface area contributed by atoms with Gasteiger partial charge in [-0.25, -0.2) is 4.79 Å². The summed E-state index contributed by atoms with van der Waals surface area (Å²) in [5.74, 6) is -0.604. The highest BCUT2D eigenvalue weighted by molar-refractivity contribution is 5.84. The number of morpholine rings is 1. The second-order valence-corrected chi connectivity index (χ2v) is 7.57. The average molecular weight is 437 g/mol. The van der Waals surface area contributed by atoms with E-state index in [1.165, 1.54) is 11.8 Å². The molecule has 8 heteroatoms. The minimum Gasteiger partial charge on any atom is -0.436 e. The highest BCUT2D eigenvalue weighted by Crippen LogP contribution is 2.14. The van der Waals surface area contributed by atoms with Gasteiger partial charge in [0.15, 0.2) is 6.10 Å². The van der Waals surface area contributed by atoms with Gasteiger partial charge in [-0.15, -0.1) is 0 Å². The fourth-order valence-corrected chi connectivity index (χ4v) is 3.17. The van der Waals surface area contributed by atoms with Crippen molar-refractivity contribution in [2.45, 2.75) is 31.8 Å². The van der Waals surface area contributed by atoms with E-state index in [0.717, 1.165) is 11.1 Å². The Hall–Kier alpha value is -3.41. The van der Waals surface area contributed by atoms with E-state index < -0.39 is 23.8 Å². The van der Waals surface area contributed by atoms with Gasteiger partial charge in [-0.3, -0.25) is 4.79 Å². The van der Waals surface area contributed by atoms with Crippen LogP contribution in [-0.4, -0.2) is 55.0 Å². The normalized spacial score (nSPS) is 16.3. The van der Waals surface area contributed by atoms with E-state index in [1.54, 1.807) is 0 Å². The van der Waals surface area contributed by atoms with Crippen LogP contribution in [0.1, 0.15) is 18.1 Å². The molecule has 32 heavy (non-hydrogen) atoms. The molecule has 168 valence electrons. The highest BCUT2D eigenvalue weighted by atomic mass is 16.6. The van der Waals surface area contributed by atoms with Crippen molar-refractivity contribution in [1.29, 1.82) is 5.26 Å². The number of nitriles is 1. The zero-order valence-electron chi connectivity index (χ0n) is 18.0. The first-order chi connectivity index (χ1) is 15.5. The molecule has 0 spiro atoms. The molecular weight excluding hydrogens is 410 g/mol. The second-order valence-electron chi connectivity index (χ2n) is 7.57. The van der Waals surface area contributed by atoms with Crippen LogP contribution in [0.3, 0.4) is 0 Å². The van der Waals surface area contributed by atoms with Gasteiger partial charge in [0, 0.05) is 19.5 Å². The minimum absolute atomic E-state index is 0.141. The van der Waals surface area contributed by atoms with Crippen LogP contribution in [0.4, 0.5) is 4.79 Å². The first-order valence-corrected chi connectivity index (χ1v) is 10.5. The molecule has 0 saturated carbocycles. The van der Waals surface area contributed by atoms with Gasteiger partial charge in [0.2, 0.25) is 5.72 Å². The van der Waals surface area contributed by atoms with Crippen LogP contribution in [0, 0.1) is 11.3 Å². The maximum atomic E-state index is 13.1. The summed E-state index contributed by atoms with van der Waals surface area (Å²) in [5, 5.41) is 12.2. The van der Waals surface area contributed by atoms with Gasteiger partial charge in [0.1, 0.15) is 6.07 Å². The zero-order chi connectivity index (χ0) is 22.8. The summed E-state index contributed by atoms with van der Waals surface area (Å²) >= 11 is 0. The van der Waals surface area contributed by atoms with E-state index >= 15 is 0 Å². The molecule has 1 heterocycles. The summed E-state index contributed by atoms with van der Waals surface area (Å²) < 4.78 is 16.5. The Balaban J connectivity index is 1.69. The van der Waals surface area contributed by atoms with Crippen LogP contribution >= 0.6 is 0 Å². The largest absolute Gasteiger partial charge is 0.436 e. The lowest BCUT2D eigenvalue weighted by atomic mass is 10.1. The van der Waals surface area contributed by atoms with Gasteiger partial charge >= 0.3 is 6.09 Å². The van der Waals surface area contributed by atoms with Gasteiger partial charge in [0.05, 0.1) is 19.8 Å². The molecule has 0 aromatic heterocycles. The molecule has 1 aliphatic heterocycles. The summed E-state index contributed by atoms with van der Waals surface area (Å²) in [6.07, 6.45) is -1.54. The van der Waals surface area contributed by atoms with Crippen molar-refractivity contribution in [2.24, 2.45) is 0 Å². The molecule has 3 rings (SSSR count). The lowest BCUT2D eigenvalue weighted by molar-refractivity contribution is -0.138. The summed E-state index contributed by atoms with van der Waals surface area (Å²) in [6.45, 7) is 3.25. The minimum atomic E-state index is -1.59. The van der Waals surface area contributed by atoms with Crippen LogP contribution < -0.4 is 5.32 Å². The average Bonchev–Trinajstić information content (AvgIpc) is 2.84. The van der Waals surface area contributed by atoms with E-state index in [4.69, 9.17) is 14.2 Å². The molecule has 2 atom stereocenters. The molecule has 0 bridgehead atoms. The highest BCUT2D eigenvalue weighted by Gasteiger charge is 2.34. The number of nitrogens with one attached hydrogen (secondary N) is 1. The molecule has 2 amide bonds. The number of nitrogens with zero attached hydrogens (tertiary/aromatic N) is 2. The third-order valence-electron chi connectivity index (χ3n) is 5.01. The standard InChI is InChI=1S/C24H27N3O5/c1-24(18-25,31-17-20-10-6-3-7-11-20)26-22(28)21(16-19-8-4-2-5-9-19)32-23(29)27-12-14-30-15-13-27/h2-11,21H,12-17H2,1H3,(H,26,28). The predicted molar refractivity (Wildman–Crippen MR) is 116 cm³/mol. The molecule has 2 unspecified atom stereocenters. The zero-order valence-corrected chi connectivity index (χ0v) is 18.0. The quantitative estimate of drug-likeness (QED) is 0.637. The first kappa shape index (κ1) is 23.3. The monoisotopic (exact) mass is 437 g/mol. The summed E-state index contributed by atoms with van der Waals surface area (Å²) in [5.41, 5.74) is 0.0989. The van der Waals surface area contributed by atoms with Crippen molar-refractivity contribution in [2.75, 3.05) is 26.3 Å². The number of rotatable bonds is 8. The summed E-state index contributed by atoms with van der Waals surface area (Å²) in [4.78, 5) is 27.2. The van der Waals surface area contributed by atoms with Crippen LogP contribution in [0.25, 0.3) is 0 Å². The molecule has 1 aliphatic rings. The molecule has 1 fully saturated rings. The molecule has 2 aromatic carbocycles. The van der Waals surface area contributed by atoms with Crippen molar-refractivity contribution in [1.82, 2.24) is 10.2 Å². The number of hydrogen-bond donors (Lipinski definition) is 1. The Labute approximate surface area is 187 Å². The Morgan fingerprint density at radius 2 is 1.69 bits per heavy atom. The molecule has 0 radical (unpaired) electrons. The Bertz CT molecular complexity index is 926. The smallest absolute Gasteiger partial charge is 0.410 e. The third-order valence-corrected chi connectivity index (χ3v) is 5.01. The van der Waals surface area contributed by atoms with Crippen LogP contribution in [0.2, 0.25) is 0 Å². The molecule has 2 aromatic rings. The number of carbonyl (C=O) groups excluding carboxylic acids is 2. The van der Waals surface area contributed by atoms with Crippen molar-refractivity contribution in [3.05, 3.63) is 71.8 Å². The fourth-order valence-electron chi connectivity index (χ4n) is 3.17.